The zero-order valence-corrected chi connectivity index (χ0v) is 13.2. The Labute approximate surface area is 136 Å². The highest BCUT2D eigenvalue weighted by atomic mass is 16.4. The lowest BCUT2D eigenvalue weighted by atomic mass is 9.78. The van der Waals surface area contributed by atoms with Crippen LogP contribution in [0.3, 0.4) is 0 Å². The van der Waals surface area contributed by atoms with E-state index in [1.54, 1.807) is 0 Å². The van der Waals surface area contributed by atoms with E-state index >= 15 is 0 Å². The smallest absolute Gasteiger partial charge is 0.274 e. The minimum absolute atomic E-state index is 0.00408. The van der Waals surface area contributed by atoms with Crippen LogP contribution in [-0.2, 0) is 9.59 Å². The molecule has 1 saturated carbocycles. The van der Waals surface area contributed by atoms with Crippen molar-refractivity contribution in [3.63, 3.8) is 0 Å². The zero-order chi connectivity index (χ0) is 16.2. The molecule has 0 aromatic carbocycles. The van der Waals surface area contributed by atoms with Crippen LogP contribution in [0.1, 0.15) is 25.7 Å². The van der Waals surface area contributed by atoms with Gasteiger partial charge in [-0.2, -0.15) is 0 Å². The number of carbonyl (C=O) groups is 2. The number of hydrogen-bond acceptors (Lipinski definition) is 4. The zero-order valence-electron chi connectivity index (χ0n) is 13.2. The fourth-order valence-corrected chi connectivity index (χ4v) is 3.69. The van der Waals surface area contributed by atoms with E-state index in [2.05, 4.69) is 9.88 Å². The minimum Gasteiger partial charge on any atom is -0.550 e. The van der Waals surface area contributed by atoms with Gasteiger partial charge in [0.05, 0.1) is 19.3 Å². The topological polar surface area (TPSA) is 77.8 Å². The molecule has 2 fully saturated rings. The number of nitrogens with one attached hydrogen (secondary N) is 1. The van der Waals surface area contributed by atoms with Crippen molar-refractivity contribution in [3.05, 3.63) is 24.4 Å². The van der Waals surface area contributed by atoms with E-state index in [1.165, 1.54) is 0 Å². The van der Waals surface area contributed by atoms with E-state index in [9.17, 15) is 14.7 Å². The van der Waals surface area contributed by atoms with Gasteiger partial charge in [0.15, 0.2) is 0 Å². The fraction of sp³-hybridized carbons (Fsp3) is 0.588. The van der Waals surface area contributed by atoms with Gasteiger partial charge in [-0.25, -0.2) is 4.98 Å². The molecule has 0 unspecified atom stereocenters. The van der Waals surface area contributed by atoms with E-state index in [4.69, 9.17) is 0 Å². The van der Waals surface area contributed by atoms with Crippen LogP contribution >= 0.6 is 0 Å². The van der Waals surface area contributed by atoms with E-state index in [0.29, 0.717) is 25.9 Å². The molecule has 0 bridgehead atoms. The van der Waals surface area contributed by atoms with Gasteiger partial charge in [-0.15, -0.1) is 0 Å². The van der Waals surface area contributed by atoms with Gasteiger partial charge in [0.2, 0.25) is 5.91 Å². The first-order valence-electron chi connectivity index (χ1n) is 8.38. The highest BCUT2D eigenvalue weighted by Crippen LogP contribution is 2.31. The second-order valence-electron chi connectivity index (χ2n) is 6.38. The number of rotatable bonds is 3. The van der Waals surface area contributed by atoms with Gasteiger partial charge in [-0.3, -0.25) is 9.69 Å². The normalized spacial score (nSPS) is 25.2. The van der Waals surface area contributed by atoms with Gasteiger partial charge in [0.25, 0.3) is 5.82 Å². The van der Waals surface area contributed by atoms with Crippen LogP contribution < -0.4 is 15.0 Å². The van der Waals surface area contributed by atoms with Crippen LogP contribution in [0.2, 0.25) is 0 Å². The Morgan fingerprint density at radius 2 is 1.74 bits per heavy atom. The number of hydrogen-bond donors (Lipinski definition) is 0. The van der Waals surface area contributed by atoms with E-state index in [0.717, 1.165) is 31.7 Å². The number of aromatic amines is 1. The number of carbonyl (C=O) groups excluding carboxylic acids is 2. The largest absolute Gasteiger partial charge is 0.550 e. The minimum atomic E-state index is -1.07. The summed E-state index contributed by atoms with van der Waals surface area (Å²) in [5.74, 6) is -1.04. The molecule has 2 atom stereocenters. The first kappa shape index (κ1) is 15.8. The van der Waals surface area contributed by atoms with E-state index in [-0.39, 0.29) is 5.91 Å². The Balaban J connectivity index is 1.60. The third kappa shape index (κ3) is 3.46. The predicted molar refractivity (Wildman–Crippen MR) is 82.2 cm³/mol. The monoisotopic (exact) mass is 317 g/mol. The molecule has 6 heteroatoms. The lowest BCUT2D eigenvalue weighted by Gasteiger charge is -2.37. The predicted octanol–water partition coefficient (Wildman–Crippen LogP) is -0.294. The van der Waals surface area contributed by atoms with Gasteiger partial charge in [-0.1, -0.05) is 18.9 Å². The number of aliphatic carboxylic acids is 1. The molecule has 1 aliphatic carbocycles. The van der Waals surface area contributed by atoms with Crippen LogP contribution in [0.5, 0.6) is 0 Å². The number of carboxylic acids is 1. The Morgan fingerprint density at radius 1 is 1.04 bits per heavy atom. The Bertz CT molecular complexity index is 555. The second kappa shape index (κ2) is 6.98. The van der Waals surface area contributed by atoms with E-state index < -0.39 is 17.8 Å². The fourth-order valence-electron chi connectivity index (χ4n) is 3.69. The number of aromatic nitrogens is 1. The number of anilines is 1. The summed E-state index contributed by atoms with van der Waals surface area (Å²) in [7, 11) is 0. The Kier molecular flexibility index (Phi) is 4.79. The second-order valence-corrected chi connectivity index (χ2v) is 6.38. The molecule has 23 heavy (non-hydrogen) atoms. The van der Waals surface area contributed by atoms with Crippen LogP contribution in [0.25, 0.3) is 0 Å². The molecule has 6 nitrogen and oxygen atoms in total. The summed E-state index contributed by atoms with van der Waals surface area (Å²) in [6, 6.07) is 5.94. The summed E-state index contributed by atoms with van der Waals surface area (Å²) in [4.78, 5) is 31.3. The average Bonchev–Trinajstić information content (AvgIpc) is 2.62. The first-order chi connectivity index (χ1) is 11.2. The first-order valence-corrected chi connectivity index (χ1v) is 8.38. The molecule has 124 valence electrons. The molecule has 1 aromatic heterocycles. The number of nitrogens with zero attached hydrogens (tertiary/aromatic N) is 2. The summed E-state index contributed by atoms with van der Waals surface area (Å²) in [5.41, 5.74) is 0. The lowest BCUT2D eigenvalue weighted by molar-refractivity contribution is -0.364. The van der Waals surface area contributed by atoms with Crippen LogP contribution in [0.4, 0.5) is 5.82 Å². The molecule has 0 radical (unpaired) electrons. The van der Waals surface area contributed by atoms with Gasteiger partial charge in [0.1, 0.15) is 13.1 Å². The SMILES string of the molecule is O=C([O-])[C@H]1CCCC[C@H]1C(=O)N1CCN(c2cccc[nH+]2)CC1. The summed E-state index contributed by atoms with van der Waals surface area (Å²) >= 11 is 0. The molecular formula is C17H23N3O3. The molecule has 2 heterocycles. The molecule has 1 aromatic rings. The molecule has 0 spiro atoms. The third-order valence-corrected chi connectivity index (χ3v) is 5.01. The quantitative estimate of drug-likeness (QED) is 0.767. The summed E-state index contributed by atoms with van der Waals surface area (Å²) in [6.07, 6.45) is 4.93. The number of amides is 1. The van der Waals surface area contributed by atoms with Crippen LogP contribution in [0.15, 0.2) is 24.4 Å². The maximum absolute atomic E-state index is 12.7. The van der Waals surface area contributed by atoms with Crippen LogP contribution in [0, 0.1) is 11.8 Å². The third-order valence-electron chi connectivity index (χ3n) is 5.01. The highest BCUT2D eigenvalue weighted by molar-refractivity contribution is 5.84. The van der Waals surface area contributed by atoms with Crippen molar-refractivity contribution in [2.24, 2.45) is 11.8 Å². The van der Waals surface area contributed by atoms with Crippen molar-refractivity contribution >= 4 is 17.7 Å². The molecule has 1 aliphatic heterocycles. The standard InChI is InChI=1S/C17H23N3O3/c21-16(13-5-1-2-6-14(13)17(22)23)20-11-9-19(10-12-20)15-7-3-4-8-18-15/h3-4,7-8,13-14H,1-2,5-6,9-12H2,(H,22,23)/t13-,14+/m1/s1. The van der Waals surface area contributed by atoms with Crippen molar-refractivity contribution in [2.75, 3.05) is 31.1 Å². The van der Waals surface area contributed by atoms with Gasteiger partial charge in [-0.05, 0) is 18.9 Å². The van der Waals surface area contributed by atoms with E-state index in [1.807, 2.05) is 29.3 Å². The number of pyridine rings is 1. The van der Waals surface area contributed by atoms with Crippen molar-refractivity contribution in [1.29, 1.82) is 0 Å². The Morgan fingerprint density at radius 3 is 2.35 bits per heavy atom. The number of piperazine rings is 1. The summed E-state index contributed by atoms with van der Waals surface area (Å²) in [6.45, 7) is 2.79. The maximum Gasteiger partial charge on any atom is 0.274 e. The van der Waals surface area contributed by atoms with Gasteiger partial charge < -0.3 is 14.8 Å². The number of H-pyrrole nitrogens is 1. The highest BCUT2D eigenvalue weighted by Gasteiger charge is 2.36. The molecule has 2 aliphatic rings. The van der Waals surface area contributed by atoms with Crippen molar-refractivity contribution < 1.29 is 19.7 Å². The molecular weight excluding hydrogens is 294 g/mol. The molecule has 1 saturated heterocycles. The van der Waals surface area contributed by atoms with Crippen molar-refractivity contribution in [3.8, 4) is 0 Å². The molecule has 3 rings (SSSR count). The van der Waals surface area contributed by atoms with Crippen molar-refractivity contribution in [1.82, 2.24) is 4.90 Å². The molecule has 1 amide bonds. The summed E-state index contributed by atoms with van der Waals surface area (Å²) in [5, 5.41) is 11.3. The average molecular weight is 317 g/mol. The lowest BCUT2D eigenvalue weighted by Crippen LogP contribution is -2.53. The van der Waals surface area contributed by atoms with Gasteiger partial charge in [0, 0.05) is 23.9 Å². The van der Waals surface area contributed by atoms with Gasteiger partial charge >= 0.3 is 0 Å². The maximum atomic E-state index is 12.7. The van der Waals surface area contributed by atoms with Crippen LogP contribution in [-0.4, -0.2) is 43.0 Å². The number of carboxylic acid groups (broad SMARTS) is 1. The Hall–Kier alpha value is -2.11. The van der Waals surface area contributed by atoms with Crippen molar-refractivity contribution in [2.45, 2.75) is 25.7 Å². The summed E-state index contributed by atoms with van der Waals surface area (Å²) < 4.78 is 0. The molecule has 1 N–H and O–H groups in total.